The molecule has 4 nitrogen and oxygen atoms in total. The molecule has 24 heavy (non-hydrogen) atoms. The number of aryl methyl sites for hydroxylation is 2. The van der Waals surface area contributed by atoms with E-state index in [0.717, 1.165) is 43.2 Å². The van der Waals surface area contributed by atoms with Gasteiger partial charge in [-0.1, -0.05) is 0 Å². The summed E-state index contributed by atoms with van der Waals surface area (Å²) in [4.78, 5) is 22.4. The summed E-state index contributed by atoms with van der Waals surface area (Å²) in [5, 5.41) is 1.07. The first-order valence-corrected chi connectivity index (χ1v) is 9.47. The molecule has 0 bridgehead atoms. The molecule has 3 heterocycles. The third-order valence-corrected chi connectivity index (χ3v) is 6.09. The Labute approximate surface area is 145 Å². The highest BCUT2D eigenvalue weighted by Gasteiger charge is 2.38. The zero-order valence-corrected chi connectivity index (χ0v) is 15.2. The molecule has 0 aromatic carbocycles. The number of carbonyl (C=O) groups excluding carboxylic acids is 1. The summed E-state index contributed by atoms with van der Waals surface area (Å²) < 4.78 is 26.6. The number of amides is 1. The number of rotatable bonds is 3. The maximum Gasteiger partial charge on any atom is 0.251 e. The van der Waals surface area contributed by atoms with Gasteiger partial charge < -0.3 is 4.90 Å². The molecule has 0 aliphatic carbocycles. The van der Waals surface area contributed by atoms with Crippen molar-refractivity contribution in [1.29, 1.82) is 0 Å². The molecule has 0 saturated carbocycles. The van der Waals surface area contributed by atoms with Crippen molar-refractivity contribution in [3.8, 4) is 0 Å². The van der Waals surface area contributed by atoms with E-state index in [-0.39, 0.29) is 37.8 Å². The van der Waals surface area contributed by atoms with E-state index in [1.54, 1.807) is 16.2 Å². The molecule has 1 atom stereocenters. The second-order valence-corrected chi connectivity index (χ2v) is 8.28. The van der Waals surface area contributed by atoms with E-state index < -0.39 is 5.92 Å². The van der Waals surface area contributed by atoms with E-state index in [2.05, 4.69) is 9.88 Å². The highest BCUT2D eigenvalue weighted by molar-refractivity contribution is 7.11. The molecule has 1 aromatic rings. The second kappa shape index (κ2) is 7.04. The molecule has 1 unspecified atom stereocenters. The van der Waals surface area contributed by atoms with Crippen molar-refractivity contribution in [2.75, 3.05) is 26.2 Å². The van der Waals surface area contributed by atoms with Gasteiger partial charge in [-0.2, -0.15) is 0 Å². The number of hydrogen-bond donors (Lipinski definition) is 0. The van der Waals surface area contributed by atoms with Gasteiger partial charge in [0.05, 0.1) is 16.6 Å². The molecule has 2 aliphatic heterocycles. The van der Waals surface area contributed by atoms with Gasteiger partial charge in [-0.15, -0.1) is 11.3 Å². The van der Waals surface area contributed by atoms with Gasteiger partial charge in [0.2, 0.25) is 5.91 Å². The smallest absolute Gasteiger partial charge is 0.251 e. The molecular weight excluding hydrogens is 332 g/mol. The van der Waals surface area contributed by atoms with Gasteiger partial charge >= 0.3 is 0 Å². The minimum absolute atomic E-state index is 0.0557. The largest absolute Gasteiger partial charge is 0.342 e. The van der Waals surface area contributed by atoms with E-state index in [9.17, 15) is 13.6 Å². The number of aromatic nitrogens is 1. The number of nitrogens with zero attached hydrogens (tertiary/aromatic N) is 3. The highest BCUT2D eigenvalue weighted by atomic mass is 32.1. The van der Waals surface area contributed by atoms with Gasteiger partial charge in [0.25, 0.3) is 5.92 Å². The lowest BCUT2D eigenvalue weighted by molar-refractivity contribution is -0.143. The lowest BCUT2D eigenvalue weighted by atomic mass is 9.95. The van der Waals surface area contributed by atoms with Crippen molar-refractivity contribution in [2.24, 2.45) is 5.92 Å². The topological polar surface area (TPSA) is 36.4 Å². The average Bonchev–Trinajstić information content (AvgIpc) is 2.84. The lowest BCUT2D eigenvalue weighted by Crippen LogP contribution is -2.48. The molecule has 2 fully saturated rings. The first kappa shape index (κ1) is 17.7. The quantitative estimate of drug-likeness (QED) is 0.833. The minimum Gasteiger partial charge on any atom is -0.342 e. The van der Waals surface area contributed by atoms with Gasteiger partial charge in [0.15, 0.2) is 0 Å². The van der Waals surface area contributed by atoms with E-state index in [1.165, 1.54) is 4.88 Å². The number of piperidine rings is 2. The Morgan fingerprint density at radius 2 is 2.00 bits per heavy atom. The van der Waals surface area contributed by atoms with Crippen LogP contribution in [0.25, 0.3) is 0 Å². The van der Waals surface area contributed by atoms with Gasteiger partial charge in [-0.05, 0) is 33.2 Å². The maximum absolute atomic E-state index is 13.3. The molecule has 7 heteroatoms. The molecule has 2 aliphatic rings. The maximum atomic E-state index is 13.3. The van der Waals surface area contributed by atoms with E-state index in [0.29, 0.717) is 0 Å². The predicted octanol–water partition coefficient (Wildman–Crippen LogP) is 3.23. The molecule has 134 valence electrons. The van der Waals surface area contributed by atoms with Crippen LogP contribution < -0.4 is 0 Å². The zero-order chi connectivity index (χ0) is 17.3. The Morgan fingerprint density at radius 3 is 2.62 bits per heavy atom. The summed E-state index contributed by atoms with van der Waals surface area (Å²) in [6.07, 6.45) is 1.45. The highest BCUT2D eigenvalue weighted by Crippen LogP contribution is 2.30. The van der Waals surface area contributed by atoms with Gasteiger partial charge in [0, 0.05) is 43.9 Å². The van der Waals surface area contributed by atoms with Crippen LogP contribution in [0.15, 0.2) is 0 Å². The summed E-state index contributed by atoms with van der Waals surface area (Å²) in [5.74, 6) is -2.59. The summed E-state index contributed by atoms with van der Waals surface area (Å²) >= 11 is 1.71. The fourth-order valence-electron chi connectivity index (χ4n) is 3.64. The van der Waals surface area contributed by atoms with Crippen LogP contribution in [0, 0.1) is 19.8 Å². The van der Waals surface area contributed by atoms with Crippen LogP contribution in [0.2, 0.25) is 0 Å². The van der Waals surface area contributed by atoms with E-state index in [1.807, 2.05) is 13.8 Å². The number of likely N-dealkylation sites (tertiary alicyclic amines) is 2. The number of alkyl halides is 2. The molecule has 0 radical (unpaired) electrons. The SMILES string of the molecule is Cc1nc(C)c(CN2CCCC(C(=O)N3CCC(F)(F)CC3)C2)s1. The Kier molecular flexibility index (Phi) is 5.20. The van der Waals surface area contributed by atoms with E-state index >= 15 is 0 Å². The first-order valence-electron chi connectivity index (χ1n) is 8.66. The van der Waals surface area contributed by atoms with Crippen LogP contribution >= 0.6 is 11.3 Å². The number of thiazole rings is 1. The third-order valence-electron chi connectivity index (χ3n) is 5.03. The normalized spacial score (nSPS) is 25.0. The number of halogens is 2. The molecule has 1 aromatic heterocycles. The Bertz CT molecular complexity index is 595. The fraction of sp³-hybridized carbons (Fsp3) is 0.765. The summed E-state index contributed by atoms with van der Waals surface area (Å²) in [7, 11) is 0. The van der Waals surface area contributed by atoms with Crippen LogP contribution in [0.3, 0.4) is 0 Å². The standard InChI is InChI=1S/C17H25F2N3OS/c1-12-15(24-13(2)20-12)11-21-7-3-4-14(10-21)16(23)22-8-5-17(18,19)6-9-22/h14H,3-11H2,1-2H3. The predicted molar refractivity (Wildman–Crippen MR) is 90.4 cm³/mol. The van der Waals surface area contributed by atoms with Crippen LogP contribution in [0.1, 0.15) is 41.3 Å². The van der Waals surface area contributed by atoms with Crippen molar-refractivity contribution in [2.45, 2.75) is 52.0 Å². The summed E-state index contributed by atoms with van der Waals surface area (Å²) in [6.45, 7) is 6.96. The van der Waals surface area contributed by atoms with Crippen molar-refractivity contribution < 1.29 is 13.6 Å². The fourth-order valence-corrected chi connectivity index (χ4v) is 4.62. The lowest BCUT2D eigenvalue weighted by Gasteiger charge is -2.37. The van der Waals surface area contributed by atoms with E-state index in [4.69, 9.17) is 0 Å². The molecule has 0 N–H and O–H groups in total. The Balaban J connectivity index is 1.57. The van der Waals surface area contributed by atoms with Crippen molar-refractivity contribution in [3.05, 3.63) is 15.6 Å². The molecule has 3 rings (SSSR count). The zero-order valence-electron chi connectivity index (χ0n) is 14.4. The number of carbonyl (C=O) groups is 1. The van der Waals surface area contributed by atoms with Gasteiger partial charge in [0.1, 0.15) is 0 Å². The van der Waals surface area contributed by atoms with Crippen LogP contribution in [0.4, 0.5) is 8.78 Å². The minimum atomic E-state index is -2.60. The van der Waals surface area contributed by atoms with Crippen LogP contribution in [0.5, 0.6) is 0 Å². The average molecular weight is 357 g/mol. The van der Waals surface area contributed by atoms with Crippen LogP contribution in [-0.2, 0) is 11.3 Å². The molecule has 1 amide bonds. The second-order valence-electron chi connectivity index (χ2n) is 7.00. The Morgan fingerprint density at radius 1 is 1.29 bits per heavy atom. The van der Waals surface area contributed by atoms with Crippen molar-refractivity contribution in [1.82, 2.24) is 14.8 Å². The van der Waals surface area contributed by atoms with Crippen molar-refractivity contribution in [3.63, 3.8) is 0 Å². The van der Waals surface area contributed by atoms with Gasteiger partial charge in [-0.25, -0.2) is 13.8 Å². The monoisotopic (exact) mass is 357 g/mol. The molecule has 2 saturated heterocycles. The molecular formula is C17H25F2N3OS. The summed E-state index contributed by atoms with van der Waals surface area (Å²) in [5.41, 5.74) is 1.07. The summed E-state index contributed by atoms with van der Waals surface area (Å²) in [6, 6.07) is 0. The number of hydrogen-bond acceptors (Lipinski definition) is 4. The van der Waals surface area contributed by atoms with Crippen LogP contribution in [-0.4, -0.2) is 52.8 Å². The first-order chi connectivity index (χ1) is 11.3. The third kappa shape index (κ3) is 4.11. The van der Waals surface area contributed by atoms with Gasteiger partial charge in [-0.3, -0.25) is 9.69 Å². The Hall–Kier alpha value is -1.08. The van der Waals surface area contributed by atoms with Crippen molar-refractivity contribution >= 4 is 17.2 Å². The molecule has 0 spiro atoms.